The van der Waals surface area contributed by atoms with Gasteiger partial charge in [0.15, 0.2) is 10.8 Å². The molecule has 2 aliphatic rings. The van der Waals surface area contributed by atoms with Gasteiger partial charge >= 0.3 is 5.97 Å². The molecule has 4 rings (SSSR count). The summed E-state index contributed by atoms with van der Waals surface area (Å²) in [7, 11) is 0. The van der Waals surface area contributed by atoms with Crippen molar-refractivity contribution in [1.82, 2.24) is 35.4 Å². The molecule has 1 saturated heterocycles. The lowest BCUT2D eigenvalue weighted by Gasteiger charge is -2.49. The number of β-lactam (4-membered cyclic amide) rings is 1. The lowest BCUT2D eigenvalue weighted by molar-refractivity contribution is -0.150. The van der Waals surface area contributed by atoms with Crippen LogP contribution in [0.5, 0.6) is 0 Å². The fourth-order valence-corrected chi connectivity index (χ4v) is 7.13. The molecule has 0 radical (unpaired) electrons. The van der Waals surface area contributed by atoms with Crippen molar-refractivity contribution >= 4 is 69.9 Å². The Morgan fingerprint density at radius 2 is 2.19 bits per heavy atom. The maximum atomic E-state index is 13.3. The van der Waals surface area contributed by atoms with Crippen molar-refractivity contribution in [3.05, 3.63) is 35.0 Å². The number of hydrogen-bond acceptors (Lipinski definition) is 13. The second-order valence-corrected chi connectivity index (χ2v) is 11.9. The van der Waals surface area contributed by atoms with E-state index in [1.165, 1.54) is 38.5 Å². The summed E-state index contributed by atoms with van der Waals surface area (Å²) in [6, 6.07) is -0.980. The number of hydrogen-bond donors (Lipinski definition) is 3. The Morgan fingerprint density at radius 1 is 1.36 bits per heavy atom. The van der Waals surface area contributed by atoms with Crippen molar-refractivity contribution in [2.24, 2.45) is 5.16 Å². The van der Waals surface area contributed by atoms with Crippen molar-refractivity contribution in [3.8, 4) is 0 Å². The van der Waals surface area contributed by atoms with Crippen molar-refractivity contribution in [2.75, 3.05) is 23.4 Å². The van der Waals surface area contributed by atoms with Crippen LogP contribution in [0.4, 0.5) is 5.13 Å². The third-order valence-corrected chi connectivity index (χ3v) is 9.26. The third-order valence-electron chi connectivity index (χ3n) is 6.10. The van der Waals surface area contributed by atoms with E-state index in [9.17, 15) is 24.3 Å². The zero-order valence-corrected chi connectivity index (χ0v) is 25.0. The van der Waals surface area contributed by atoms with E-state index < -0.39 is 29.2 Å². The van der Waals surface area contributed by atoms with Gasteiger partial charge in [0, 0.05) is 16.9 Å². The van der Waals surface area contributed by atoms with Crippen molar-refractivity contribution in [1.29, 1.82) is 0 Å². The molecular weight excluding hydrogens is 607 g/mol. The number of anilines is 1. The van der Waals surface area contributed by atoms with Gasteiger partial charge in [-0.25, -0.2) is 14.5 Å². The Labute approximate surface area is 253 Å². The van der Waals surface area contributed by atoms with Crippen LogP contribution in [0.15, 0.2) is 39.6 Å². The maximum absolute atomic E-state index is 13.3. The molecule has 224 valence electrons. The van der Waals surface area contributed by atoms with Gasteiger partial charge in [0.1, 0.15) is 29.4 Å². The summed E-state index contributed by atoms with van der Waals surface area (Å²) < 4.78 is 1.53. The number of carbonyl (C=O) groups is 4. The average molecular weight is 636 g/mol. The lowest BCUT2D eigenvalue weighted by Crippen LogP contribution is -2.71. The smallest absolute Gasteiger partial charge is 0.352 e. The summed E-state index contributed by atoms with van der Waals surface area (Å²) >= 11 is 3.70. The molecule has 0 aliphatic carbocycles. The lowest BCUT2D eigenvalue weighted by atomic mass is 10.0. The highest BCUT2D eigenvalue weighted by molar-refractivity contribution is 8.01. The van der Waals surface area contributed by atoms with Crippen LogP contribution in [0.1, 0.15) is 38.3 Å². The number of carboxylic acids is 1. The number of oxime groups is 1. The van der Waals surface area contributed by atoms with E-state index in [4.69, 9.17) is 4.84 Å². The Kier molecular flexibility index (Phi) is 11.1. The predicted octanol–water partition coefficient (Wildman–Crippen LogP) is 1.72. The number of thiazole rings is 1. The standard InChI is InChI=1S/C24H29N9O6S3/c1-3-5-6-7-9-39-29-16(15-12-41-23(26-15)25-13-34)19(35)27-17-20(36)33-18(22(37)38)14(10-40-21(17)33)11-42-24-28-30-31-32(24)8-4-2/h4,12-13,17,21H,2-3,5-11H2,1H3,(H,27,35)(H,37,38)(H,25,26,34)/b29-16-/t17?,21-/m1/s1. The number of carboxylic acid groups (broad SMARTS) is 1. The molecule has 15 nitrogen and oxygen atoms in total. The highest BCUT2D eigenvalue weighted by Crippen LogP contribution is 2.41. The molecule has 2 aliphatic heterocycles. The summed E-state index contributed by atoms with van der Waals surface area (Å²) in [4.78, 5) is 60.3. The maximum Gasteiger partial charge on any atom is 0.352 e. The number of nitrogens with zero attached hydrogens (tertiary/aromatic N) is 7. The molecule has 0 bridgehead atoms. The zero-order valence-electron chi connectivity index (χ0n) is 22.6. The fourth-order valence-electron chi connectivity index (χ4n) is 4.10. The molecule has 3 amide bonds. The Hall–Kier alpha value is -3.77. The number of fused-ring (bicyclic) bond motifs is 1. The molecule has 0 spiro atoms. The van der Waals surface area contributed by atoms with Crippen LogP contribution in [0.25, 0.3) is 0 Å². The number of nitrogens with one attached hydrogen (secondary N) is 2. The zero-order chi connectivity index (χ0) is 30.1. The van der Waals surface area contributed by atoms with Gasteiger partial charge in [-0.1, -0.05) is 42.8 Å². The molecule has 42 heavy (non-hydrogen) atoms. The highest BCUT2D eigenvalue weighted by atomic mass is 32.2. The molecule has 2 aromatic rings. The monoisotopic (exact) mass is 635 g/mol. The van der Waals surface area contributed by atoms with Crippen molar-refractivity contribution < 1.29 is 29.1 Å². The van der Waals surface area contributed by atoms with Crippen LogP contribution >= 0.6 is 34.9 Å². The number of unbranched alkanes of at least 4 members (excludes halogenated alkanes) is 3. The van der Waals surface area contributed by atoms with E-state index in [2.05, 4.69) is 49.8 Å². The summed E-state index contributed by atoms with van der Waals surface area (Å²) in [5.74, 6) is -1.92. The van der Waals surface area contributed by atoms with Gasteiger partial charge in [0.25, 0.3) is 11.8 Å². The van der Waals surface area contributed by atoms with E-state index in [1.807, 2.05) is 0 Å². The first-order valence-corrected chi connectivity index (χ1v) is 15.9. The van der Waals surface area contributed by atoms with Crippen molar-refractivity contribution in [3.63, 3.8) is 0 Å². The van der Waals surface area contributed by atoms with Crippen LogP contribution in [0.2, 0.25) is 0 Å². The Morgan fingerprint density at radius 3 is 2.93 bits per heavy atom. The predicted molar refractivity (Wildman–Crippen MR) is 157 cm³/mol. The number of tetrazole rings is 1. The van der Waals surface area contributed by atoms with Crippen LogP contribution in [0, 0.1) is 0 Å². The second kappa shape index (κ2) is 14.9. The molecule has 2 aromatic heterocycles. The molecule has 18 heteroatoms. The number of aromatic nitrogens is 5. The molecule has 3 N–H and O–H groups in total. The van der Waals surface area contributed by atoms with E-state index in [1.54, 1.807) is 6.08 Å². The van der Waals surface area contributed by atoms with Crippen LogP contribution in [0.3, 0.4) is 0 Å². The minimum absolute atomic E-state index is 0.113. The number of amides is 3. The van der Waals surface area contributed by atoms with E-state index in [0.29, 0.717) is 36.0 Å². The molecule has 4 heterocycles. The summed E-state index contributed by atoms with van der Waals surface area (Å²) in [5, 5.41) is 32.2. The average Bonchev–Trinajstić information content (AvgIpc) is 3.63. The van der Waals surface area contributed by atoms with Gasteiger partial charge in [0.05, 0.1) is 6.54 Å². The molecule has 2 atom stereocenters. The van der Waals surface area contributed by atoms with Gasteiger partial charge < -0.3 is 20.6 Å². The van der Waals surface area contributed by atoms with Crippen LogP contribution < -0.4 is 10.6 Å². The first-order chi connectivity index (χ1) is 20.4. The highest BCUT2D eigenvalue weighted by Gasteiger charge is 2.54. The number of aliphatic carboxylic acids is 1. The molecular formula is C24H29N9O6S3. The van der Waals surface area contributed by atoms with Gasteiger partial charge in [-0.2, -0.15) is 0 Å². The van der Waals surface area contributed by atoms with E-state index in [-0.39, 0.29) is 28.0 Å². The minimum atomic E-state index is -1.24. The molecule has 1 fully saturated rings. The third kappa shape index (κ3) is 7.16. The Bertz CT molecular complexity index is 1390. The first kappa shape index (κ1) is 31.2. The first-order valence-electron chi connectivity index (χ1n) is 13.0. The SMILES string of the molecule is C=CCn1nnnc1SCC1=C(C(=O)O)N2C(=O)C(NC(=O)/C(=N\OCCCCCC)c3csc(NC=O)n3)[C@H]2SC1. The molecule has 0 saturated carbocycles. The minimum Gasteiger partial charge on any atom is -0.477 e. The quantitative estimate of drug-likeness (QED) is 0.0434. The number of carbonyl (C=O) groups excluding carboxylic acids is 3. The van der Waals surface area contributed by atoms with Gasteiger partial charge in [0.2, 0.25) is 11.6 Å². The largest absolute Gasteiger partial charge is 0.477 e. The van der Waals surface area contributed by atoms with Gasteiger partial charge in [-0.15, -0.1) is 34.8 Å². The second-order valence-electron chi connectivity index (χ2n) is 8.97. The van der Waals surface area contributed by atoms with Gasteiger partial charge in [-0.3, -0.25) is 19.3 Å². The van der Waals surface area contributed by atoms with Crippen molar-refractivity contribution in [2.45, 2.75) is 55.7 Å². The summed E-state index contributed by atoms with van der Waals surface area (Å²) in [6.07, 6.45) is 5.92. The fraction of sp³-hybridized carbons (Fsp3) is 0.458. The Balaban J connectivity index is 1.46. The van der Waals surface area contributed by atoms with Crippen LogP contribution in [-0.4, -0.2) is 94.6 Å². The van der Waals surface area contributed by atoms with E-state index >= 15 is 0 Å². The normalized spacial score (nSPS) is 18.3. The summed E-state index contributed by atoms with van der Waals surface area (Å²) in [6.45, 7) is 6.45. The summed E-state index contributed by atoms with van der Waals surface area (Å²) in [5.41, 5.74) is 0.435. The topological polar surface area (TPSA) is 194 Å². The van der Waals surface area contributed by atoms with Crippen LogP contribution in [-0.2, 0) is 30.6 Å². The number of allylic oxidation sites excluding steroid dienone is 1. The molecule has 1 unspecified atom stereocenters. The number of rotatable bonds is 17. The van der Waals surface area contributed by atoms with Gasteiger partial charge in [-0.05, 0) is 28.8 Å². The molecule has 0 aromatic carbocycles. The number of thioether (sulfide) groups is 2. The van der Waals surface area contributed by atoms with E-state index in [0.717, 1.165) is 37.0 Å².